The van der Waals surface area contributed by atoms with Gasteiger partial charge in [0.05, 0.1) is 15.6 Å². The van der Waals surface area contributed by atoms with E-state index >= 15 is 0 Å². The molecule has 0 bridgehead atoms. The monoisotopic (exact) mass is 606 g/mol. The van der Waals surface area contributed by atoms with E-state index in [1.54, 1.807) is 0 Å². The van der Waals surface area contributed by atoms with E-state index in [0.29, 0.717) is 43.4 Å². The summed E-state index contributed by atoms with van der Waals surface area (Å²) < 4.78 is 14.1. The van der Waals surface area contributed by atoms with Crippen LogP contribution in [0, 0.1) is 10.8 Å². The first-order chi connectivity index (χ1) is 16.4. The van der Waals surface area contributed by atoms with Crippen LogP contribution in [0.15, 0.2) is 43.7 Å². The number of halogens is 2. The number of benzene rings is 1. The summed E-state index contributed by atoms with van der Waals surface area (Å²) in [5.41, 5.74) is 1.89. The Morgan fingerprint density at radius 3 is 1.86 bits per heavy atom. The summed E-state index contributed by atoms with van der Waals surface area (Å²) >= 11 is 7.40. The van der Waals surface area contributed by atoms with Crippen LogP contribution in [0.3, 0.4) is 0 Å². The second kappa shape index (κ2) is 10.2. The lowest BCUT2D eigenvalue weighted by Gasteiger charge is -2.42. The van der Waals surface area contributed by atoms with Crippen LogP contribution in [0.5, 0.6) is 5.75 Å². The largest absolute Gasteiger partial charge is 0.491 e. The zero-order valence-electron chi connectivity index (χ0n) is 21.5. The van der Waals surface area contributed by atoms with Crippen LogP contribution in [0.1, 0.15) is 97.5 Å². The van der Waals surface area contributed by atoms with Crippen LogP contribution in [-0.2, 0) is 14.3 Å². The van der Waals surface area contributed by atoms with Gasteiger partial charge in [-0.3, -0.25) is 9.59 Å². The van der Waals surface area contributed by atoms with E-state index in [0.717, 1.165) is 44.6 Å². The van der Waals surface area contributed by atoms with Crippen molar-refractivity contribution in [3.63, 3.8) is 0 Å². The SMILES string of the molecule is CCCCCCOc1c(Br)cc(C2C3=C(CC(C)(C)CC3=O)OC3=C2C(=O)CC(C)(C)C3)cc1Br. The molecule has 0 unspecified atom stereocenters. The van der Waals surface area contributed by atoms with Gasteiger partial charge in [-0.05, 0) is 66.8 Å². The number of rotatable bonds is 7. The van der Waals surface area contributed by atoms with Crippen LogP contribution in [0.2, 0.25) is 0 Å². The van der Waals surface area contributed by atoms with Crippen molar-refractivity contribution in [3.8, 4) is 5.75 Å². The van der Waals surface area contributed by atoms with Gasteiger partial charge in [0.1, 0.15) is 17.3 Å². The Labute approximate surface area is 226 Å². The van der Waals surface area contributed by atoms with Gasteiger partial charge >= 0.3 is 0 Å². The second-order valence-corrected chi connectivity index (χ2v) is 13.5. The third kappa shape index (κ3) is 5.64. The summed E-state index contributed by atoms with van der Waals surface area (Å²) in [5, 5.41) is 0. The maximum absolute atomic E-state index is 13.5. The number of ketones is 2. The van der Waals surface area contributed by atoms with Crippen molar-refractivity contribution in [2.75, 3.05) is 6.61 Å². The van der Waals surface area contributed by atoms with Gasteiger partial charge in [0.25, 0.3) is 0 Å². The quantitative estimate of drug-likeness (QED) is 0.291. The van der Waals surface area contributed by atoms with Crippen molar-refractivity contribution in [2.45, 2.75) is 91.9 Å². The molecule has 1 aromatic carbocycles. The van der Waals surface area contributed by atoms with Crippen molar-refractivity contribution < 1.29 is 19.1 Å². The highest BCUT2D eigenvalue weighted by molar-refractivity contribution is 9.11. The van der Waals surface area contributed by atoms with Gasteiger partial charge in [-0.15, -0.1) is 0 Å². The summed E-state index contributed by atoms with van der Waals surface area (Å²) in [5.74, 6) is 1.98. The molecule has 190 valence electrons. The first kappa shape index (κ1) is 26.7. The molecule has 1 aliphatic heterocycles. The van der Waals surface area contributed by atoms with Gasteiger partial charge in [0, 0.05) is 42.7 Å². The lowest BCUT2D eigenvalue weighted by molar-refractivity contribution is -0.120. The fourth-order valence-corrected chi connectivity index (χ4v) is 7.05. The van der Waals surface area contributed by atoms with Crippen molar-refractivity contribution in [1.82, 2.24) is 0 Å². The van der Waals surface area contributed by atoms with Crippen LogP contribution < -0.4 is 4.74 Å². The molecule has 0 fully saturated rings. The van der Waals surface area contributed by atoms with Crippen LogP contribution in [0.25, 0.3) is 0 Å². The smallest absolute Gasteiger partial charge is 0.163 e. The van der Waals surface area contributed by atoms with Crippen molar-refractivity contribution in [3.05, 3.63) is 49.3 Å². The van der Waals surface area contributed by atoms with E-state index in [9.17, 15) is 9.59 Å². The minimum absolute atomic E-state index is 0.0777. The van der Waals surface area contributed by atoms with E-state index in [-0.39, 0.29) is 22.4 Å². The average molecular weight is 608 g/mol. The Hall–Kier alpha value is -1.40. The maximum Gasteiger partial charge on any atom is 0.163 e. The van der Waals surface area contributed by atoms with Crippen molar-refractivity contribution >= 4 is 43.4 Å². The van der Waals surface area contributed by atoms with Crippen LogP contribution >= 0.6 is 31.9 Å². The Kier molecular flexibility index (Phi) is 7.74. The molecule has 0 saturated heterocycles. The predicted molar refractivity (Wildman–Crippen MR) is 145 cm³/mol. The normalized spacial score (nSPS) is 21.6. The standard InChI is InChI=1S/C29H36Br2O4/c1-6-7-8-9-10-34-27-18(30)11-17(12-19(27)31)24-25-20(32)13-28(2,3)15-22(25)35-23-16-29(4,5)14-21(33)26(23)24/h11-12,24H,6-10,13-16H2,1-5H3. The Bertz CT molecular complexity index is 1030. The first-order valence-electron chi connectivity index (χ1n) is 12.7. The van der Waals surface area contributed by atoms with Crippen LogP contribution in [0.4, 0.5) is 0 Å². The molecular weight excluding hydrogens is 572 g/mol. The first-order valence-corrected chi connectivity index (χ1v) is 14.3. The van der Waals surface area contributed by atoms with Gasteiger partial charge in [-0.25, -0.2) is 0 Å². The van der Waals surface area contributed by atoms with E-state index in [2.05, 4.69) is 66.5 Å². The van der Waals surface area contributed by atoms with Gasteiger partial charge in [0.15, 0.2) is 11.6 Å². The molecule has 6 heteroatoms. The third-order valence-electron chi connectivity index (χ3n) is 7.18. The molecule has 1 aromatic rings. The maximum atomic E-state index is 13.5. The molecule has 0 atom stereocenters. The fraction of sp³-hybridized carbons (Fsp3) is 0.586. The number of ether oxygens (including phenoxy) is 2. The molecule has 3 aliphatic rings. The minimum atomic E-state index is -0.410. The lowest BCUT2D eigenvalue weighted by atomic mass is 9.65. The van der Waals surface area contributed by atoms with E-state index < -0.39 is 5.92 Å². The van der Waals surface area contributed by atoms with Crippen molar-refractivity contribution in [2.24, 2.45) is 10.8 Å². The van der Waals surface area contributed by atoms with Crippen molar-refractivity contribution in [1.29, 1.82) is 0 Å². The predicted octanol–water partition coefficient (Wildman–Crippen LogP) is 8.57. The van der Waals surface area contributed by atoms with Gasteiger partial charge in [-0.2, -0.15) is 0 Å². The number of allylic oxidation sites excluding steroid dienone is 4. The lowest BCUT2D eigenvalue weighted by Crippen LogP contribution is -2.37. The molecule has 0 N–H and O–H groups in total. The Morgan fingerprint density at radius 1 is 0.857 bits per heavy atom. The number of hydrogen-bond acceptors (Lipinski definition) is 4. The molecule has 0 spiro atoms. The molecule has 0 amide bonds. The number of hydrogen-bond donors (Lipinski definition) is 0. The fourth-order valence-electron chi connectivity index (χ4n) is 5.60. The highest BCUT2D eigenvalue weighted by Gasteiger charge is 2.48. The average Bonchev–Trinajstić information content (AvgIpc) is 2.71. The van der Waals surface area contributed by atoms with E-state index in [1.807, 2.05) is 12.1 Å². The minimum Gasteiger partial charge on any atom is -0.491 e. The third-order valence-corrected chi connectivity index (χ3v) is 8.36. The van der Waals surface area contributed by atoms with Gasteiger partial charge < -0.3 is 9.47 Å². The summed E-state index contributed by atoms with van der Waals surface area (Å²) in [6, 6.07) is 4.02. The van der Waals surface area contributed by atoms with Gasteiger partial charge in [-0.1, -0.05) is 53.9 Å². The summed E-state index contributed by atoms with van der Waals surface area (Å²) in [7, 11) is 0. The number of carbonyl (C=O) groups is 2. The Morgan fingerprint density at radius 2 is 1.37 bits per heavy atom. The summed E-state index contributed by atoms with van der Waals surface area (Å²) in [6.07, 6.45) is 6.85. The molecule has 0 aromatic heterocycles. The topological polar surface area (TPSA) is 52.6 Å². The van der Waals surface area contributed by atoms with Gasteiger partial charge in [0.2, 0.25) is 0 Å². The number of unbranched alkanes of at least 4 members (excludes halogenated alkanes) is 3. The Balaban J connectivity index is 1.75. The number of Topliss-reactive ketones (excluding diaryl/α,β-unsaturated/α-hetero) is 2. The zero-order valence-corrected chi connectivity index (χ0v) is 24.7. The highest BCUT2D eigenvalue weighted by Crippen LogP contribution is 2.54. The van der Waals surface area contributed by atoms with E-state index in [4.69, 9.17) is 9.47 Å². The molecule has 1 heterocycles. The molecule has 35 heavy (non-hydrogen) atoms. The van der Waals surface area contributed by atoms with E-state index in [1.165, 1.54) is 12.8 Å². The molecule has 2 aliphatic carbocycles. The molecule has 4 rings (SSSR count). The number of carbonyl (C=O) groups excluding carboxylic acids is 2. The molecular formula is C29H36Br2O4. The second-order valence-electron chi connectivity index (χ2n) is 11.8. The molecule has 4 nitrogen and oxygen atoms in total. The highest BCUT2D eigenvalue weighted by atomic mass is 79.9. The summed E-state index contributed by atoms with van der Waals surface area (Å²) in [4.78, 5) is 27.0. The zero-order chi connectivity index (χ0) is 25.5. The molecule has 0 saturated carbocycles. The summed E-state index contributed by atoms with van der Waals surface area (Å²) in [6.45, 7) is 11.3. The molecule has 0 radical (unpaired) electrons. The van der Waals surface area contributed by atoms with Crippen LogP contribution in [-0.4, -0.2) is 18.2 Å².